The molecule has 0 spiro atoms. The summed E-state index contributed by atoms with van der Waals surface area (Å²) in [4.78, 5) is 2.06. The number of likely N-dealkylation sites (N-methyl/N-ethyl adjacent to an activating group) is 2. The minimum absolute atomic E-state index is 0.183. The monoisotopic (exact) mass is 242 g/mol. The van der Waals surface area contributed by atoms with Gasteiger partial charge in [-0.15, -0.1) is 0 Å². The van der Waals surface area contributed by atoms with Crippen molar-refractivity contribution in [1.29, 1.82) is 0 Å². The van der Waals surface area contributed by atoms with Crippen molar-refractivity contribution >= 4 is 0 Å². The highest BCUT2D eigenvalue weighted by Crippen LogP contribution is 2.12. The van der Waals surface area contributed by atoms with Crippen LogP contribution in [0.2, 0.25) is 0 Å². The Morgan fingerprint density at radius 3 is 2.41 bits per heavy atom. The maximum atomic E-state index is 13.3. The molecule has 0 fully saturated rings. The predicted molar refractivity (Wildman–Crippen MR) is 66.1 cm³/mol. The smallest absolute Gasteiger partial charge is 0.129 e. The fraction of sp³-hybridized carbons (Fsp3) is 0.538. The van der Waals surface area contributed by atoms with E-state index in [9.17, 15) is 8.78 Å². The van der Waals surface area contributed by atoms with Crippen LogP contribution in [0.25, 0.3) is 0 Å². The van der Waals surface area contributed by atoms with Gasteiger partial charge in [0.25, 0.3) is 0 Å². The topological polar surface area (TPSA) is 15.3 Å². The molecule has 0 unspecified atom stereocenters. The van der Waals surface area contributed by atoms with Gasteiger partial charge in [-0.25, -0.2) is 8.78 Å². The Hall–Kier alpha value is -1.00. The standard InChI is InChI=1S/C13H20F2N2/c1-3-16-8-10-17(2)9-7-11-12(14)5-4-6-13(11)15/h4-6,16H,3,7-10H2,1-2H3. The first kappa shape index (κ1) is 14.1. The van der Waals surface area contributed by atoms with E-state index >= 15 is 0 Å². The number of rotatable bonds is 7. The average molecular weight is 242 g/mol. The van der Waals surface area contributed by atoms with Crippen molar-refractivity contribution in [2.75, 3.05) is 33.2 Å². The highest BCUT2D eigenvalue weighted by molar-refractivity contribution is 5.19. The molecule has 0 aliphatic rings. The lowest BCUT2D eigenvalue weighted by Gasteiger charge is -2.17. The van der Waals surface area contributed by atoms with E-state index in [-0.39, 0.29) is 5.56 Å². The van der Waals surface area contributed by atoms with Crippen molar-refractivity contribution in [1.82, 2.24) is 10.2 Å². The number of nitrogens with one attached hydrogen (secondary N) is 1. The third-order valence-electron chi connectivity index (χ3n) is 2.73. The van der Waals surface area contributed by atoms with Gasteiger partial charge in [-0.05, 0) is 32.1 Å². The minimum atomic E-state index is -0.454. The van der Waals surface area contributed by atoms with Crippen molar-refractivity contribution < 1.29 is 8.78 Å². The third kappa shape index (κ3) is 4.79. The van der Waals surface area contributed by atoms with Crippen LogP contribution in [0.4, 0.5) is 8.78 Å². The molecule has 96 valence electrons. The molecule has 0 heterocycles. The lowest BCUT2D eigenvalue weighted by atomic mass is 10.1. The van der Waals surface area contributed by atoms with E-state index < -0.39 is 11.6 Å². The van der Waals surface area contributed by atoms with E-state index in [1.807, 2.05) is 7.05 Å². The summed E-state index contributed by atoms with van der Waals surface area (Å²) in [5.74, 6) is -0.907. The predicted octanol–water partition coefficient (Wildman–Crippen LogP) is 2.05. The molecular formula is C13H20F2N2. The van der Waals surface area contributed by atoms with Gasteiger partial charge in [0.1, 0.15) is 11.6 Å². The highest BCUT2D eigenvalue weighted by Gasteiger charge is 2.08. The third-order valence-corrected chi connectivity index (χ3v) is 2.73. The van der Waals surface area contributed by atoms with E-state index in [1.165, 1.54) is 18.2 Å². The fourth-order valence-electron chi connectivity index (χ4n) is 1.63. The normalized spacial score (nSPS) is 11.1. The van der Waals surface area contributed by atoms with E-state index in [4.69, 9.17) is 0 Å². The molecule has 0 atom stereocenters. The second-order valence-electron chi connectivity index (χ2n) is 4.11. The average Bonchev–Trinajstić information content (AvgIpc) is 2.29. The van der Waals surface area contributed by atoms with Crippen LogP contribution in [0, 0.1) is 11.6 Å². The summed E-state index contributed by atoms with van der Waals surface area (Å²) in [6, 6.07) is 4.00. The Morgan fingerprint density at radius 1 is 1.18 bits per heavy atom. The number of benzene rings is 1. The van der Waals surface area contributed by atoms with Gasteiger partial charge < -0.3 is 10.2 Å². The van der Waals surface area contributed by atoms with Crippen molar-refractivity contribution in [2.45, 2.75) is 13.3 Å². The molecule has 1 aromatic rings. The van der Waals surface area contributed by atoms with Gasteiger partial charge in [0.15, 0.2) is 0 Å². The van der Waals surface area contributed by atoms with Gasteiger partial charge >= 0.3 is 0 Å². The molecule has 0 aliphatic carbocycles. The Bertz CT molecular complexity index is 322. The molecule has 1 N–H and O–H groups in total. The Balaban J connectivity index is 2.39. The fourth-order valence-corrected chi connectivity index (χ4v) is 1.63. The molecule has 4 heteroatoms. The van der Waals surface area contributed by atoms with Gasteiger partial charge in [0, 0.05) is 25.2 Å². The number of nitrogens with zero attached hydrogens (tertiary/aromatic N) is 1. The van der Waals surface area contributed by atoms with Crippen LogP contribution < -0.4 is 5.32 Å². The molecule has 2 nitrogen and oxygen atoms in total. The van der Waals surface area contributed by atoms with Crippen LogP contribution >= 0.6 is 0 Å². The quantitative estimate of drug-likeness (QED) is 0.736. The molecule has 0 saturated carbocycles. The van der Waals surface area contributed by atoms with Gasteiger partial charge in [-0.2, -0.15) is 0 Å². The van der Waals surface area contributed by atoms with E-state index in [0.717, 1.165) is 19.6 Å². The molecule has 0 aliphatic heterocycles. The lowest BCUT2D eigenvalue weighted by Crippen LogP contribution is -2.30. The molecule has 1 rings (SSSR count). The Morgan fingerprint density at radius 2 is 1.82 bits per heavy atom. The first-order valence-electron chi connectivity index (χ1n) is 5.97. The van der Waals surface area contributed by atoms with Gasteiger partial charge in [-0.3, -0.25) is 0 Å². The minimum Gasteiger partial charge on any atom is -0.316 e. The van der Waals surface area contributed by atoms with Crippen LogP contribution in [0.1, 0.15) is 12.5 Å². The van der Waals surface area contributed by atoms with Crippen LogP contribution in [0.3, 0.4) is 0 Å². The van der Waals surface area contributed by atoms with Gasteiger partial charge in [0.2, 0.25) is 0 Å². The van der Waals surface area contributed by atoms with E-state index in [0.29, 0.717) is 13.0 Å². The van der Waals surface area contributed by atoms with Crippen LogP contribution in [-0.2, 0) is 6.42 Å². The van der Waals surface area contributed by atoms with E-state index in [2.05, 4.69) is 17.1 Å². The summed E-state index contributed by atoms with van der Waals surface area (Å²) in [6.45, 7) is 5.42. The molecule has 0 amide bonds. The summed E-state index contributed by atoms with van der Waals surface area (Å²) < 4.78 is 26.7. The maximum Gasteiger partial charge on any atom is 0.129 e. The summed E-state index contributed by atoms with van der Waals surface area (Å²) in [5, 5.41) is 3.21. The van der Waals surface area contributed by atoms with Crippen molar-refractivity contribution in [3.05, 3.63) is 35.4 Å². The molecular weight excluding hydrogens is 222 g/mol. The summed E-state index contributed by atoms with van der Waals surface area (Å²) in [6.07, 6.45) is 0.404. The first-order chi connectivity index (χ1) is 8.15. The highest BCUT2D eigenvalue weighted by atomic mass is 19.1. The first-order valence-corrected chi connectivity index (χ1v) is 5.97. The van der Waals surface area contributed by atoms with Gasteiger partial charge in [-0.1, -0.05) is 13.0 Å². The van der Waals surface area contributed by atoms with Crippen LogP contribution in [0.5, 0.6) is 0 Å². The summed E-state index contributed by atoms with van der Waals surface area (Å²) in [7, 11) is 1.95. The zero-order chi connectivity index (χ0) is 12.7. The summed E-state index contributed by atoms with van der Waals surface area (Å²) in [5.41, 5.74) is 0.183. The zero-order valence-corrected chi connectivity index (χ0v) is 10.5. The van der Waals surface area contributed by atoms with Crippen LogP contribution in [0.15, 0.2) is 18.2 Å². The SMILES string of the molecule is CCNCCN(C)CCc1c(F)cccc1F. The summed E-state index contributed by atoms with van der Waals surface area (Å²) >= 11 is 0. The molecule has 17 heavy (non-hydrogen) atoms. The molecule has 1 aromatic carbocycles. The van der Waals surface area contributed by atoms with Gasteiger partial charge in [0.05, 0.1) is 0 Å². The maximum absolute atomic E-state index is 13.3. The number of hydrogen-bond acceptors (Lipinski definition) is 2. The molecule has 0 radical (unpaired) electrons. The van der Waals surface area contributed by atoms with Crippen molar-refractivity contribution in [2.24, 2.45) is 0 Å². The lowest BCUT2D eigenvalue weighted by molar-refractivity contribution is 0.333. The number of halogens is 2. The largest absolute Gasteiger partial charge is 0.316 e. The Kier molecular flexibility index (Phi) is 6.08. The second kappa shape index (κ2) is 7.35. The Labute approximate surface area is 102 Å². The van der Waals surface area contributed by atoms with Crippen molar-refractivity contribution in [3.8, 4) is 0 Å². The van der Waals surface area contributed by atoms with Crippen LogP contribution in [-0.4, -0.2) is 38.1 Å². The zero-order valence-electron chi connectivity index (χ0n) is 10.5. The van der Waals surface area contributed by atoms with Crippen molar-refractivity contribution in [3.63, 3.8) is 0 Å². The van der Waals surface area contributed by atoms with E-state index in [1.54, 1.807) is 0 Å². The molecule has 0 saturated heterocycles. The number of hydrogen-bond donors (Lipinski definition) is 1. The molecule has 0 bridgehead atoms. The molecule has 0 aromatic heterocycles. The second-order valence-corrected chi connectivity index (χ2v) is 4.11.